The minimum Gasteiger partial charge on any atom is -0.480 e. The van der Waals surface area contributed by atoms with Crippen molar-refractivity contribution in [3.8, 4) is 0 Å². The predicted octanol–water partition coefficient (Wildman–Crippen LogP) is -3.08. The lowest BCUT2D eigenvalue weighted by molar-refractivity contribution is -0.142. The molecule has 1 fully saturated rings. The summed E-state index contributed by atoms with van der Waals surface area (Å²) < 4.78 is 6.81. The van der Waals surface area contributed by atoms with E-state index in [-0.39, 0.29) is 17.0 Å². The highest BCUT2D eigenvalue weighted by atomic mass is 16.6. The summed E-state index contributed by atoms with van der Waals surface area (Å²) in [5, 5.41) is 48.0. The highest BCUT2D eigenvalue weighted by Crippen LogP contribution is 2.32. The number of nitrogens with zero attached hydrogens (tertiary/aromatic N) is 5. The number of hydrogen-bond donors (Lipinski definition) is 7. The molecule has 6 atom stereocenters. The molecule has 0 spiro atoms. The molecule has 2 amide bonds. The maximum atomic E-state index is 12.4. The van der Waals surface area contributed by atoms with Crippen LogP contribution in [0.3, 0.4) is 0 Å². The van der Waals surface area contributed by atoms with Gasteiger partial charge in [0.05, 0.1) is 19.0 Å². The van der Waals surface area contributed by atoms with Crippen LogP contribution < -0.4 is 15.8 Å². The molecule has 170 valence electrons. The number of ether oxygens (including phenoxy) is 1. The van der Waals surface area contributed by atoms with E-state index in [9.17, 15) is 30.0 Å². The topological polar surface area (TPSA) is 215 Å². The van der Waals surface area contributed by atoms with Crippen LogP contribution in [0.4, 0.5) is 10.6 Å². The lowest BCUT2D eigenvalue weighted by Gasteiger charge is -2.21. The monoisotopic (exact) mass is 441 g/mol. The summed E-state index contributed by atoms with van der Waals surface area (Å²) in [5.74, 6) is -1.31. The number of imidazole rings is 1. The first-order chi connectivity index (χ1) is 14.7. The maximum absolute atomic E-state index is 12.4. The van der Waals surface area contributed by atoms with E-state index in [1.165, 1.54) is 24.9 Å². The Hall–Kier alpha value is -2.95. The second kappa shape index (κ2) is 9.04. The number of carbonyl (C=O) groups is 2. The minimum absolute atomic E-state index is 0.0544. The fraction of sp³-hybridized carbons (Fsp3) is 0.562. The molecular formula is C16H23N7O8. The smallest absolute Gasteiger partial charge is 0.337 e. The number of carboxylic acids is 1. The van der Waals surface area contributed by atoms with Crippen LogP contribution in [0.25, 0.3) is 11.2 Å². The molecule has 31 heavy (non-hydrogen) atoms. The second-order valence-electron chi connectivity index (χ2n) is 6.94. The number of amides is 2. The summed E-state index contributed by atoms with van der Waals surface area (Å²) in [4.78, 5) is 36.8. The van der Waals surface area contributed by atoms with Gasteiger partial charge in [0, 0.05) is 7.05 Å². The fourth-order valence-electron chi connectivity index (χ4n) is 3.09. The van der Waals surface area contributed by atoms with Gasteiger partial charge < -0.3 is 30.3 Å². The predicted molar refractivity (Wildman–Crippen MR) is 102 cm³/mol. The van der Waals surface area contributed by atoms with Gasteiger partial charge in [-0.25, -0.2) is 25.2 Å². The molecular weight excluding hydrogens is 418 g/mol. The molecule has 1 saturated heterocycles. The molecule has 15 heteroatoms. The van der Waals surface area contributed by atoms with Crippen molar-refractivity contribution in [2.24, 2.45) is 0 Å². The van der Waals surface area contributed by atoms with Gasteiger partial charge in [0.25, 0.3) is 0 Å². The number of urea groups is 1. The molecule has 15 nitrogen and oxygen atoms in total. The van der Waals surface area contributed by atoms with Crippen LogP contribution in [0, 0.1) is 0 Å². The molecule has 3 rings (SSSR count). The first-order valence-corrected chi connectivity index (χ1v) is 9.17. The van der Waals surface area contributed by atoms with Crippen molar-refractivity contribution in [1.29, 1.82) is 0 Å². The van der Waals surface area contributed by atoms with Crippen molar-refractivity contribution >= 4 is 29.0 Å². The second-order valence-corrected chi connectivity index (χ2v) is 6.94. The third-order valence-electron chi connectivity index (χ3n) is 4.84. The molecule has 7 N–H and O–H groups in total. The number of aliphatic hydroxyl groups excluding tert-OH is 4. The lowest BCUT2D eigenvalue weighted by Crippen LogP contribution is -2.55. The third kappa shape index (κ3) is 4.27. The maximum Gasteiger partial charge on any atom is 0.337 e. The number of carbonyl (C=O) groups excluding carboxylic acids is 1. The first-order valence-electron chi connectivity index (χ1n) is 9.17. The normalized spacial score (nSPS) is 25.4. The Morgan fingerprint density at radius 3 is 2.58 bits per heavy atom. The number of aliphatic hydroxyl groups is 4. The fourth-order valence-corrected chi connectivity index (χ4v) is 3.09. The Morgan fingerprint density at radius 1 is 1.29 bits per heavy atom. The standard InChI is InChI=1S/C16H23N7O8/c1-6(25)8(15(28)29)20-21-16(30)22(2)12-9-13(18-4-17-12)23(5-19-9)14-11(27)10(26)7(3-24)31-14/h4-8,10-11,14,20,24-27H,3H2,1-2H3,(H,21,30)(H,28,29)/t6-,7-,8+,10-,11-,14-/m1/s1. The molecule has 0 bridgehead atoms. The molecule has 0 unspecified atom stereocenters. The molecule has 1 aliphatic heterocycles. The Balaban J connectivity index is 1.82. The Bertz CT molecular complexity index is 953. The van der Waals surface area contributed by atoms with Crippen molar-refractivity contribution in [1.82, 2.24) is 30.4 Å². The summed E-state index contributed by atoms with van der Waals surface area (Å²) in [6, 6.07) is -2.23. The SMILES string of the molecule is C[C@@H](O)[C@H](NNC(=O)N(C)c1ncnc2c1ncn2[C@@H]1O[C@H](CO)[C@@H](O)[C@H]1O)C(=O)O. The quantitative estimate of drug-likeness (QED) is 0.213. The average molecular weight is 441 g/mol. The zero-order chi connectivity index (χ0) is 22.9. The van der Waals surface area contributed by atoms with Crippen molar-refractivity contribution in [2.45, 2.75) is 43.6 Å². The van der Waals surface area contributed by atoms with Gasteiger partial charge in [0.15, 0.2) is 23.2 Å². The van der Waals surface area contributed by atoms with E-state index in [2.05, 4.69) is 25.8 Å². The summed E-state index contributed by atoms with van der Waals surface area (Å²) in [6.45, 7) is 0.751. The van der Waals surface area contributed by atoms with Crippen LogP contribution in [0.1, 0.15) is 13.2 Å². The number of hydrazine groups is 1. The number of rotatable bonds is 7. The van der Waals surface area contributed by atoms with Gasteiger partial charge >= 0.3 is 12.0 Å². The van der Waals surface area contributed by atoms with Crippen LogP contribution in [-0.2, 0) is 9.53 Å². The molecule has 2 aromatic heterocycles. The van der Waals surface area contributed by atoms with Crippen LogP contribution in [0.15, 0.2) is 12.7 Å². The van der Waals surface area contributed by atoms with Crippen LogP contribution >= 0.6 is 0 Å². The zero-order valence-corrected chi connectivity index (χ0v) is 16.5. The van der Waals surface area contributed by atoms with Gasteiger partial charge in [0.2, 0.25) is 0 Å². The molecule has 3 heterocycles. The van der Waals surface area contributed by atoms with Crippen LogP contribution in [0.2, 0.25) is 0 Å². The number of nitrogens with one attached hydrogen (secondary N) is 2. The first kappa shape index (κ1) is 22.7. The van der Waals surface area contributed by atoms with E-state index >= 15 is 0 Å². The molecule has 0 saturated carbocycles. The number of anilines is 1. The third-order valence-corrected chi connectivity index (χ3v) is 4.84. The Labute approximate surface area is 174 Å². The zero-order valence-electron chi connectivity index (χ0n) is 16.5. The van der Waals surface area contributed by atoms with Gasteiger partial charge in [-0.1, -0.05) is 0 Å². The molecule has 1 aliphatic rings. The van der Waals surface area contributed by atoms with Gasteiger partial charge in [-0.15, -0.1) is 0 Å². The molecule has 0 radical (unpaired) electrons. The summed E-state index contributed by atoms with van der Waals surface area (Å²) in [6.07, 6.45) is -3.60. The molecule has 2 aromatic rings. The Kier molecular flexibility index (Phi) is 6.63. The summed E-state index contributed by atoms with van der Waals surface area (Å²) >= 11 is 0. The van der Waals surface area contributed by atoms with Crippen molar-refractivity contribution in [2.75, 3.05) is 18.6 Å². The van der Waals surface area contributed by atoms with E-state index in [0.717, 1.165) is 11.2 Å². The van der Waals surface area contributed by atoms with Gasteiger partial charge in [-0.05, 0) is 6.92 Å². The average Bonchev–Trinajstić information content (AvgIpc) is 3.28. The van der Waals surface area contributed by atoms with Gasteiger partial charge in [0.1, 0.15) is 30.7 Å². The number of aliphatic carboxylic acids is 1. The highest BCUT2D eigenvalue weighted by molar-refractivity contribution is 5.97. The van der Waals surface area contributed by atoms with E-state index in [0.29, 0.717) is 0 Å². The number of aromatic nitrogens is 4. The number of fused-ring (bicyclic) bond motifs is 1. The minimum atomic E-state index is -1.44. The Morgan fingerprint density at radius 2 is 2.00 bits per heavy atom. The molecule has 0 aromatic carbocycles. The number of hydrogen-bond acceptors (Lipinski definition) is 11. The summed E-state index contributed by atoms with van der Waals surface area (Å²) in [5.41, 5.74) is 4.73. The largest absolute Gasteiger partial charge is 0.480 e. The van der Waals surface area contributed by atoms with Gasteiger partial charge in [-0.3, -0.25) is 19.7 Å². The van der Waals surface area contributed by atoms with Crippen molar-refractivity contribution in [3.05, 3.63) is 12.7 Å². The lowest BCUT2D eigenvalue weighted by atomic mass is 10.1. The van der Waals surface area contributed by atoms with E-state index in [1.807, 2.05) is 0 Å². The van der Waals surface area contributed by atoms with E-state index < -0.39 is 55.3 Å². The van der Waals surface area contributed by atoms with Crippen molar-refractivity contribution < 1.29 is 39.9 Å². The van der Waals surface area contributed by atoms with Crippen molar-refractivity contribution in [3.63, 3.8) is 0 Å². The van der Waals surface area contributed by atoms with E-state index in [4.69, 9.17) is 9.84 Å². The van der Waals surface area contributed by atoms with Gasteiger partial charge in [-0.2, -0.15) is 0 Å². The summed E-state index contributed by atoms with van der Waals surface area (Å²) in [7, 11) is 1.35. The highest BCUT2D eigenvalue weighted by Gasteiger charge is 2.44. The number of carboxylic acid groups (broad SMARTS) is 1. The van der Waals surface area contributed by atoms with E-state index in [1.54, 1.807) is 0 Å². The van der Waals surface area contributed by atoms with Crippen LogP contribution in [-0.4, -0.2) is 101 Å². The molecule has 0 aliphatic carbocycles. The van der Waals surface area contributed by atoms with Crippen LogP contribution in [0.5, 0.6) is 0 Å².